The van der Waals surface area contributed by atoms with Crippen molar-refractivity contribution in [2.45, 2.75) is 12.2 Å². The molecule has 7 heteroatoms. The Morgan fingerprint density at radius 3 is 2.30 bits per heavy atom. The van der Waals surface area contributed by atoms with E-state index in [0.717, 1.165) is 12.1 Å². The molecular formula is C13H16F2N2O3. The number of methoxy groups -OCH3 is 2. The van der Waals surface area contributed by atoms with E-state index in [-0.39, 0.29) is 36.5 Å². The van der Waals surface area contributed by atoms with Gasteiger partial charge in [0.15, 0.2) is 5.82 Å². The second-order valence-electron chi connectivity index (χ2n) is 4.62. The van der Waals surface area contributed by atoms with Gasteiger partial charge in [0.1, 0.15) is 18.0 Å². The van der Waals surface area contributed by atoms with Crippen molar-refractivity contribution in [3.8, 4) is 0 Å². The molecule has 2 N–H and O–H groups in total. The van der Waals surface area contributed by atoms with Crippen LogP contribution in [0.3, 0.4) is 0 Å². The first-order valence-electron chi connectivity index (χ1n) is 6.07. The average Bonchev–Trinajstić information content (AvgIpc) is 2.85. The highest BCUT2D eigenvalue weighted by atomic mass is 19.1. The molecule has 1 amide bonds. The minimum Gasteiger partial charge on any atom is -0.396 e. The second kappa shape index (κ2) is 5.72. The first-order chi connectivity index (χ1) is 9.47. The lowest BCUT2D eigenvalue weighted by Gasteiger charge is -2.16. The van der Waals surface area contributed by atoms with Gasteiger partial charge in [-0.1, -0.05) is 0 Å². The molecular weight excluding hydrogens is 270 g/mol. The number of likely N-dealkylation sites (tertiary alicyclic amines) is 1. The van der Waals surface area contributed by atoms with Crippen LogP contribution in [0.5, 0.6) is 0 Å². The molecule has 1 saturated heterocycles. The summed E-state index contributed by atoms with van der Waals surface area (Å²) in [5.74, 6) is -2.29. The Morgan fingerprint density at radius 2 is 1.80 bits per heavy atom. The Balaban J connectivity index is 2.25. The number of nitrogen functional groups attached to an aromatic ring is 1. The Morgan fingerprint density at radius 1 is 1.25 bits per heavy atom. The zero-order valence-corrected chi connectivity index (χ0v) is 11.2. The number of carbonyl (C=O) groups is 1. The van der Waals surface area contributed by atoms with Crippen molar-refractivity contribution in [3.05, 3.63) is 29.3 Å². The predicted octanol–water partition coefficient (Wildman–Crippen LogP) is 1.03. The molecule has 2 unspecified atom stereocenters. The molecule has 0 radical (unpaired) electrons. The predicted molar refractivity (Wildman–Crippen MR) is 68.3 cm³/mol. The molecule has 1 aromatic carbocycles. The van der Waals surface area contributed by atoms with Gasteiger partial charge in [0.05, 0.1) is 11.3 Å². The van der Waals surface area contributed by atoms with E-state index in [9.17, 15) is 13.6 Å². The highest BCUT2D eigenvalue weighted by Gasteiger charge is 2.36. The lowest BCUT2D eigenvalue weighted by molar-refractivity contribution is -0.00461. The Bertz CT molecular complexity index is 513. The number of nitrogens with zero attached hydrogens (tertiary/aromatic N) is 1. The van der Waals surface area contributed by atoms with Gasteiger partial charge in [-0.05, 0) is 12.1 Å². The van der Waals surface area contributed by atoms with Crippen LogP contribution in [0.15, 0.2) is 12.1 Å². The lowest BCUT2D eigenvalue weighted by Crippen LogP contribution is -2.31. The summed E-state index contributed by atoms with van der Waals surface area (Å²) in [6.45, 7) is 0.507. The molecule has 0 aliphatic carbocycles. The van der Waals surface area contributed by atoms with Crippen molar-refractivity contribution in [2.75, 3.05) is 33.0 Å². The van der Waals surface area contributed by atoms with Crippen LogP contribution in [0.4, 0.5) is 14.5 Å². The first kappa shape index (κ1) is 14.7. The van der Waals surface area contributed by atoms with E-state index in [4.69, 9.17) is 15.2 Å². The molecule has 1 aliphatic rings. The van der Waals surface area contributed by atoms with Gasteiger partial charge in [-0.3, -0.25) is 4.79 Å². The molecule has 2 rings (SSSR count). The second-order valence-corrected chi connectivity index (χ2v) is 4.62. The zero-order chi connectivity index (χ0) is 14.9. The zero-order valence-electron chi connectivity index (χ0n) is 11.2. The monoisotopic (exact) mass is 286 g/mol. The molecule has 5 nitrogen and oxygen atoms in total. The molecule has 20 heavy (non-hydrogen) atoms. The number of hydrogen-bond acceptors (Lipinski definition) is 4. The van der Waals surface area contributed by atoms with E-state index in [1.807, 2.05) is 0 Å². The summed E-state index contributed by atoms with van der Waals surface area (Å²) in [7, 11) is 3.01. The molecule has 1 aliphatic heterocycles. The quantitative estimate of drug-likeness (QED) is 0.843. The van der Waals surface area contributed by atoms with Gasteiger partial charge in [-0.2, -0.15) is 0 Å². The molecule has 1 aromatic rings. The number of carbonyl (C=O) groups excluding carboxylic acids is 1. The topological polar surface area (TPSA) is 64.8 Å². The van der Waals surface area contributed by atoms with Crippen LogP contribution in [0.1, 0.15) is 10.4 Å². The fraction of sp³-hybridized carbons (Fsp3) is 0.462. The summed E-state index contributed by atoms with van der Waals surface area (Å²) in [5.41, 5.74) is 4.56. The maximum Gasteiger partial charge on any atom is 0.257 e. The first-order valence-corrected chi connectivity index (χ1v) is 6.07. The third-order valence-corrected chi connectivity index (χ3v) is 3.40. The Kier molecular flexibility index (Phi) is 4.20. The van der Waals surface area contributed by atoms with E-state index in [2.05, 4.69) is 0 Å². The van der Waals surface area contributed by atoms with E-state index < -0.39 is 17.5 Å². The molecule has 1 fully saturated rings. The van der Waals surface area contributed by atoms with Crippen LogP contribution >= 0.6 is 0 Å². The lowest BCUT2D eigenvalue weighted by atomic mass is 10.1. The van der Waals surface area contributed by atoms with Crippen molar-refractivity contribution in [3.63, 3.8) is 0 Å². The standard InChI is InChI=1S/C13H16F2N2O3/c1-19-10-5-17(6-11(10)20-2)13(18)8-3-7(14)4-9(16)12(8)15/h3-4,10-11H,5-6,16H2,1-2H3. The number of amides is 1. The van der Waals surface area contributed by atoms with E-state index >= 15 is 0 Å². The summed E-state index contributed by atoms with van der Waals surface area (Å²) in [6.07, 6.45) is -0.587. The van der Waals surface area contributed by atoms with Gasteiger partial charge in [-0.25, -0.2) is 8.78 Å². The van der Waals surface area contributed by atoms with E-state index in [0.29, 0.717) is 0 Å². The summed E-state index contributed by atoms with van der Waals surface area (Å²) >= 11 is 0. The van der Waals surface area contributed by atoms with Gasteiger partial charge in [0, 0.05) is 27.3 Å². The highest BCUT2D eigenvalue weighted by Crippen LogP contribution is 2.23. The summed E-state index contributed by atoms with van der Waals surface area (Å²) < 4.78 is 37.5. The van der Waals surface area contributed by atoms with Crippen molar-refractivity contribution in [1.29, 1.82) is 0 Å². The summed E-state index contributed by atoms with van der Waals surface area (Å²) in [4.78, 5) is 13.6. The van der Waals surface area contributed by atoms with Gasteiger partial charge < -0.3 is 20.1 Å². The summed E-state index contributed by atoms with van der Waals surface area (Å²) in [6, 6.07) is 1.68. The van der Waals surface area contributed by atoms with Crippen molar-refractivity contribution < 1.29 is 23.0 Å². The number of rotatable bonds is 3. The van der Waals surface area contributed by atoms with Crippen LogP contribution in [-0.2, 0) is 9.47 Å². The maximum atomic E-state index is 13.8. The van der Waals surface area contributed by atoms with Gasteiger partial charge >= 0.3 is 0 Å². The normalized spacial score (nSPS) is 22.3. The van der Waals surface area contributed by atoms with Gasteiger partial charge in [0.2, 0.25) is 0 Å². The number of nitrogens with two attached hydrogens (primary N) is 1. The SMILES string of the molecule is COC1CN(C(=O)c2cc(F)cc(N)c2F)CC1OC. The van der Waals surface area contributed by atoms with Crippen LogP contribution in [0.25, 0.3) is 0 Å². The number of halogens is 2. The molecule has 1 heterocycles. The van der Waals surface area contributed by atoms with E-state index in [1.165, 1.54) is 19.1 Å². The average molecular weight is 286 g/mol. The molecule has 0 aromatic heterocycles. The van der Waals surface area contributed by atoms with Crippen molar-refractivity contribution in [2.24, 2.45) is 0 Å². The van der Waals surface area contributed by atoms with Crippen LogP contribution in [0.2, 0.25) is 0 Å². The maximum absolute atomic E-state index is 13.8. The van der Waals surface area contributed by atoms with Crippen LogP contribution in [-0.4, -0.2) is 50.3 Å². The van der Waals surface area contributed by atoms with E-state index in [1.54, 1.807) is 0 Å². The number of anilines is 1. The molecule has 110 valence electrons. The van der Waals surface area contributed by atoms with Crippen molar-refractivity contribution >= 4 is 11.6 Å². The minimum atomic E-state index is -0.911. The van der Waals surface area contributed by atoms with Gasteiger partial charge in [-0.15, -0.1) is 0 Å². The molecule has 0 spiro atoms. The fourth-order valence-corrected chi connectivity index (χ4v) is 2.30. The van der Waals surface area contributed by atoms with Crippen LogP contribution in [0, 0.1) is 11.6 Å². The molecule has 0 bridgehead atoms. The third kappa shape index (κ3) is 2.59. The number of ether oxygens (including phenoxy) is 2. The Labute approximate surface area is 115 Å². The smallest absolute Gasteiger partial charge is 0.257 e. The Hall–Kier alpha value is -1.73. The minimum absolute atomic E-state index is 0.254. The largest absolute Gasteiger partial charge is 0.396 e. The third-order valence-electron chi connectivity index (χ3n) is 3.40. The fourth-order valence-electron chi connectivity index (χ4n) is 2.30. The van der Waals surface area contributed by atoms with Gasteiger partial charge in [0.25, 0.3) is 5.91 Å². The number of benzene rings is 1. The molecule has 2 atom stereocenters. The summed E-state index contributed by atoms with van der Waals surface area (Å²) in [5, 5.41) is 0. The highest BCUT2D eigenvalue weighted by molar-refractivity contribution is 5.95. The molecule has 0 saturated carbocycles. The van der Waals surface area contributed by atoms with Crippen LogP contribution < -0.4 is 5.73 Å². The van der Waals surface area contributed by atoms with Crippen molar-refractivity contribution in [1.82, 2.24) is 4.90 Å². The number of hydrogen-bond donors (Lipinski definition) is 1.